The molecule has 1 N–H and O–H groups in total. The number of hydrogen-bond acceptors (Lipinski definition) is 2. The Bertz CT molecular complexity index is 466. The molecule has 0 saturated carbocycles. The van der Waals surface area contributed by atoms with Crippen molar-refractivity contribution >= 4 is 18.5 Å². The lowest BCUT2D eigenvalue weighted by molar-refractivity contribution is -0.104. The van der Waals surface area contributed by atoms with Crippen molar-refractivity contribution in [3.8, 4) is 0 Å². The minimum absolute atomic E-state index is 0. The van der Waals surface area contributed by atoms with Crippen molar-refractivity contribution in [1.29, 1.82) is 0 Å². The molecule has 1 aliphatic rings. The van der Waals surface area contributed by atoms with E-state index in [2.05, 4.69) is 10.1 Å². The van der Waals surface area contributed by atoms with E-state index in [4.69, 9.17) is 0 Å². The highest BCUT2D eigenvalue weighted by Gasteiger charge is 2.46. The third-order valence-corrected chi connectivity index (χ3v) is 2.99. The van der Waals surface area contributed by atoms with Crippen LogP contribution in [0.1, 0.15) is 36.9 Å². The average Bonchev–Trinajstić information content (AvgIpc) is 2.32. The predicted octanol–water partition coefficient (Wildman–Crippen LogP) is 3.65. The van der Waals surface area contributed by atoms with Gasteiger partial charge in [0, 0.05) is 0 Å². The lowest BCUT2D eigenvalue weighted by Crippen LogP contribution is -2.49. The molecule has 2 rings (SSSR count). The highest BCUT2D eigenvalue weighted by molar-refractivity contribution is 5.85. The predicted molar refractivity (Wildman–Crippen MR) is 70.0 cm³/mol. The fourth-order valence-corrected chi connectivity index (χ4v) is 1.94. The zero-order valence-electron chi connectivity index (χ0n) is 10.7. The van der Waals surface area contributed by atoms with Gasteiger partial charge in [0.1, 0.15) is 6.04 Å². The van der Waals surface area contributed by atoms with Gasteiger partial charge in [0.15, 0.2) is 6.61 Å². The molecule has 19 heavy (non-hydrogen) atoms. The van der Waals surface area contributed by atoms with Crippen LogP contribution < -0.4 is 5.32 Å². The number of rotatable bonds is 2. The minimum atomic E-state index is -3.09. The first kappa shape index (κ1) is 15.7. The molecule has 0 bridgehead atoms. The van der Waals surface area contributed by atoms with E-state index >= 15 is 0 Å². The zero-order chi connectivity index (χ0) is 13.3. The molecule has 1 aromatic carbocycles. The van der Waals surface area contributed by atoms with Crippen LogP contribution >= 0.6 is 12.4 Å². The second kappa shape index (κ2) is 5.74. The Labute approximate surface area is 116 Å². The van der Waals surface area contributed by atoms with Gasteiger partial charge in [-0.3, -0.25) is 0 Å². The quantitative estimate of drug-likeness (QED) is 0.903. The normalized spacial score (nSPS) is 21.3. The number of alkyl carbamates (subject to hydrolysis) is 1. The van der Waals surface area contributed by atoms with Gasteiger partial charge in [0.25, 0.3) is 0 Å². The Morgan fingerprint density at radius 1 is 1.42 bits per heavy atom. The molecule has 1 aliphatic heterocycles. The van der Waals surface area contributed by atoms with Gasteiger partial charge < -0.3 is 10.1 Å². The Hall–Kier alpha value is -1.36. The minimum Gasteiger partial charge on any atom is -0.443 e. The number of benzene rings is 1. The van der Waals surface area contributed by atoms with Crippen LogP contribution in [0.5, 0.6) is 0 Å². The summed E-state index contributed by atoms with van der Waals surface area (Å²) in [7, 11) is 0. The summed E-state index contributed by atoms with van der Waals surface area (Å²) in [5.74, 6) is -2.85. The summed E-state index contributed by atoms with van der Waals surface area (Å²) in [5.41, 5.74) is 1.37. The molecular formula is C13H16ClF2NO2. The van der Waals surface area contributed by atoms with Crippen molar-refractivity contribution < 1.29 is 18.3 Å². The van der Waals surface area contributed by atoms with Crippen LogP contribution in [0.4, 0.5) is 13.6 Å². The van der Waals surface area contributed by atoms with Crippen LogP contribution in [0.25, 0.3) is 0 Å². The summed E-state index contributed by atoms with van der Waals surface area (Å²) in [5, 5.41) is 2.18. The molecule has 3 nitrogen and oxygen atoms in total. The first-order chi connectivity index (χ1) is 8.40. The number of alkyl halides is 2. The number of nitrogens with one attached hydrogen (secondary N) is 1. The number of halogens is 3. The highest BCUT2D eigenvalue weighted by atomic mass is 35.5. The van der Waals surface area contributed by atoms with Crippen LogP contribution in [0, 0.1) is 0 Å². The van der Waals surface area contributed by atoms with Crippen molar-refractivity contribution in [2.24, 2.45) is 0 Å². The summed E-state index contributed by atoms with van der Waals surface area (Å²) >= 11 is 0. The SMILES string of the molecule is CC(C)c1cccc([C@@H]2NC(=O)OCC2(F)F)c1.Cl. The van der Waals surface area contributed by atoms with Crippen molar-refractivity contribution in [3.63, 3.8) is 0 Å². The van der Waals surface area contributed by atoms with E-state index in [1.54, 1.807) is 18.2 Å². The van der Waals surface area contributed by atoms with Gasteiger partial charge in [-0.25, -0.2) is 13.6 Å². The zero-order valence-corrected chi connectivity index (χ0v) is 11.5. The monoisotopic (exact) mass is 291 g/mol. The molecule has 6 heteroatoms. The van der Waals surface area contributed by atoms with E-state index in [0.717, 1.165) is 5.56 Å². The summed E-state index contributed by atoms with van der Waals surface area (Å²) in [4.78, 5) is 11.1. The van der Waals surface area contributed by atoms with Gasteiger partial charge in [-0.15, -0.1) is 12.4 Å². The van der Waals surface area contributed by atoms with Crippen molar-refractivity contribution in [2.75, 3.05) is 6.61 Å². The number of cyclic esters (lactones) is 1. The fraction of sp³-hybridized carbons (Fsp3) is 0.462. The topological polar surface area (TPSA) is 38.3 Å². The van der Waals surface area contributed by atoms with Crippen molar-refractivity contribution in [1.82, 2.24) is 5.32 Å². The van der Waals surface area contributed by atoms with Crippen molar-refractivity contribution in [3.05, 3.63) is 35.4 Å². The molecule has 0 aliphatic carbocycles. The summed E-state index contributed by atoms with van der Waals surface area (Å²) in [6, 6.07) is 5.58. The number of amides is 1. The molecule has 106 valence electrons. The lowest BCUT2D eigenvalue weighted by Gasteiger charge is -2.32. The van der Waals surface area contributed by atoms with E-state index in [9.17, 15) is 13.6 Å². The Morgan fingerprint density at radius 2 is 2.11 bits per heavy atom. The molecule has 0 radical (unpaired) electrons. The second-order valence-corrected chi connectivity index (χ2v) is 4.74. The third-order valence-electron chi connectivity index (χ3n) is 2.99. The van der Waals surface area contributed by atoms with E-state index < -0.39 is 24.7 Å². The molecule has 0 aromatic heterocycles. The smallest absolute Gasteiger partial charge is 0.408 e. The summed E-state index contributed by atoms with van der Waals surface area (Å²) < 4.78 is 31.8. The summed E-state index contributed by atoms with van der Waals surface area (Å²) in [6.45, 7) is 3.09. The van der Waals surface area contributed by atoms with Crippen LogP contribution in [0.2, 0.25) is 0 Å². The maximum Gasteiger partial charge on any atom is 0.408 e. The molecule has 1 atom stereocenters. The largest absolute Gasteiger partial charge is 0.443 e. The molecule has 1 amide bonds. The van der Waals surface area contributed by atoms with Crippen LogP contribution in [0.3, 0.4) is 0 Å². The molecule has 0 unspecified atom stereocenters. The Kier molecular flexibility index (Phi) is 4.74. The van der Waals surface area contributed by atoms with Gasteiger partial charge in [-0.2, -0.15) is 0 Å². The molecule has 1 aromatic rings. The molecule has 1 fully saturated rings. The fourth-order valence-electron chi connectivity index (χ4n) is 1.94. The van der Waals surface area contributed by atoms with Gasteiger partial charge in [0.05, 0.1) is 0 Å². The van der Waals surface area contributed by atoms with E-state index in [1.807, 2.05) is 19.9 Å². The number of carbonyl (C=O) groups excluding carboxylic acids is 1. The Morgan fingerprint density at radius 3 is 2.74 bits per heavy atom. The standard InChI is InChI=1S/C13H15F2NO2.ClH/c1-8(2)9-4-3-5-10(6-9)11-13(14,15)7-18-12(17)16-11;/h3-6,8,11H,7H2,1-2H3,(H,16,17);1H/t11-;/m0./s1. The van der Waals surface area contributed by atoms with Crippen molar-refractivity contribution in [2.45, 2.75) is 31.7 Å². The van der Waals surface area contributed by atoms with Gasteiger partial charge >= 0.3 is 12.0 Å². The second-order valence-electron chi connectivity index (χ2n) is 4.74. The first-order valence-corrected chi connectivity index (χ1v) is 5.81. The third kappa shape index (κ3) is 3.35. The van der Waals surface area contributed by atoms with Crippen LogP contribution in [0.15, 0.2) is 24.3 Å². The number of hydrogen-bond donors (Lipinski definition) is 1. The summed E-state index contributed by atoms with van der Waals surface area (Å²) in [6.07, 6.45) is -0.805. The van der Waals surface area contributed by atoms with Crippen LogP contribution in [-0.2, 0) is 4.74 Å². The molecule has 1 heterocycles. The molecular weight excluding hydrogens is 276 g/mol. The van der Waals surface area contributed by atoms with Gasteiger partial charge in [-0.1, -0.05) is 38.1 Å². The van der Waals surface area contributed by atoms with E-state index in [0.29, 0.717) is 5.56 Å². The van der Waals surface area contributed by atoms with E-state index in [1.165, 1.54) is 0 Å². The average molecular weight is 292 g/mol. The lowest BCUT2D eigenvalue weighted by atomic mass is 9.94. The first-order valence-electron chi connectivity index (χ1n) is 5.81. The Balaban J connectivity index is 0.00000180. The van der Waals surface area contributed by atoms with Gasteiger partial charge in [0.2, 0.25) is 0 Å². The molecule has 0 spiro atoms. The maximum atomic E-state index is 13.7. The number of ether oxygens (including phenoxy) is 1. The maximum absolute atomic E-state index is 13.7. The molecule has 1 saturated heterocycles. The van der Waals surface area contributed by atoms with Gasteiger partial charge in [-0.05, 0) is 17.0 Å². The van der Waals surface area contributed by atoms with E-state index in [-0.39, 0.29) is 18.3 Å². The van der Waals surface area contributed by atoms with Crippen LogP contribution in [-0.4, -0.2) is 18.6 Å². The number of carbonyl (C=O) groups is 1. The highest BCUT2D eigenvalue weighted by Crippen LogP contribution is 2.35.